The van der Waals surface area contributed by atoms with E-state index < -0.39 is 5.60 Å². The van der Waals surface area contributed by atoms with Crippen LogP contribution in [-0.2, 0) is 11.2 Å². The van der Waals surface area contributed by atoms with Gasteiger partial charge >= 0.3 is 6.09 Å². The minimum absolute atomic E-state index is 0.190. The van der Waals surface area contributed by atoms with Crippen molar-refractivity contribution in [3.05, 3.63) is 47.1 Å². The maximum Gasteiger partial charge on any atom is 0.407 e. The predicted octanol–water partition coefficient (Wildman–Crippen LogP) is 6.08. The Bertz CT molecular complexity index is 913. The molecule has 1 fully saturated rings. The molecule has 6 heteroatoms. The van der Waals surface area contributed by atoms with Crippen molar-refractivity contribution in [1.29, 1.82) is 0 Å². The van der Waals surface area contributed by atoms with Crippen molar-refractivity contribution in [2.75, 3.05) is 7.11 Å². The molecule has 1 saturated carbocycles. The van der Waals surface area contributed by atoms with Crippen molar-refractivity contribution in [2.24, 2.45) is 5.92 Å². The Morgan fingerprint density at radius 3 is 2.67 bits per heavy atom. The summed E-state index contributed by atoms with van der Waals surface area (Å²) in [5.41, 5.74) is 1.52. The highest BCUT2D eigenvalue weighted by molar-refractivity contribution is 6.32. The Labute approximate surface area is 183 Å². The van der Waals surface area contributed by atoms with Crippen LogP contribution in [0, 0.1) is 5.92 Å². The summed E-state index contributed by atoms with van der Waals surface area (Å²) in [6.45, 7) is 5.63. The number of hydrogen-bond donors (Lipinski definition) is 1. The molecule has 30 heavy (non-hydrogen) atoms. The van der Waals surface area contributed by atoms with Crippen LogP contribution in [0.1, 0.15) is 52.0 Å². The summed E-state index contributed by atoms with van der Waals surface area (Å²) in [4.78, 5) is 16.4. The first-order valence-corrected chi connectivity index (χ1v) is 10.9. The molecule has 1 heterocycles. The van der Waals surface area contributed by atoms with Crippen molar-refractivity contribution in [3.8, 4) is 5.75 Å². The van der Waals surface area contributed by atoms with E-state index >= 15 is 0 Å². The number of rotatable bonds is 5. The largest absolute Gasteiger partial charge is 0.497 e. The zero-order valence-corrected chi connectivity index (χ0v) is 19.0. The molecule has 0 bridgehead atoms. The van der Waals surface area contributed by atoms with Crippen molar-refractivity contribution in [1.82, 2.24) is 10.3 Å². The second kappa shape index (κ2) is 9.69. The lowest BCUT2D eigenvalue weighted by molar-refractivity contribution is 0.0490. The van der Waals surface area contributed by atoms with Crippen LogP contribution in [0.2, 0.25) is 5.02 Å². The highest BCUT2D eigenvalue weighted by Gasteiger charge is 2.23. The van der Waals surface area contributed by atoms with E-state index in [1.807, 2.05) is 39.0 Å². The normalized spacial score (nSPS) is 19.8. The molecule has 1 amide bonds. The van der Waals surface area contributed by atoms with Gasteiger partial charge in [0.1, 0.15) is 11.4 Å². The molecular weight excluding hydrogens is 400 g/mol. The highest BCUT2D eigenvalue weighted by Crippen LogP contribution is 2.29. The zero-order valence-electron chi connectivity index (χ0n) is 18.2. The van der Waals surface area contributed by atoms with Gasteiger partial charge in [-0.2, -0.15) is 0 Å². The molecule has 162 valence electrons. The van der Waals surface area contributed by atoms with Gasteiger partial charge in [0.15, 0.2) is 0 Å². The number of alkyl carbamates (subject to hydrolysis) is 1. The molecule has 1 N–H and O–H groups in total. The highest BCUT2D eigenvalue weighted by atomic mass is 35.5. The van der Waals surface area contributed by atoms with Crippen LogP contribution in [0.4, 0.5) is 4.79 Å². The number of benzene rings is 1. The Hall–Kier alpha value is -2.27. The van der Waals surface area contributed by atoms with Crippen LogP contribution in [0.3, 0.4) is 0 Å². The molecule has 1 aromatic heterocycles. The molecular formula is C24H31ClN2O3. The molecule has 2 aromatic rings. The minimum Gasteiger partial charge on any atom is -0.497 e. The number of pyridine rings is 1. The Morgan fingerprint density at radius 1 is 1.27 bits per heavy atom. The minimum atomic E-state index is -0.466. The van der Waals surface area contributed by atoms with Crippen LogP contribution >= 0.6 is 11.6 Å². The van der Waals surface area contributed by atoms with E-state index in [9.17, 15) is 4.79 Å². The number of ether oxygens (including phenoxy) is 2. The van der Waals surface area contributed by atoms with Crippen molar-refractivity contribution in [2.45, 2.75) is 64.5 Å². The van der Waals surface area contributed by atoms with Crippen molar-refractivity contribution >= 4 is 28.6 Å². The topological polar surface area (TPSA) is 60.5 Å². The van der Waals surface area contributed by atoms with Gasteiger partial charge in [0.2, 0.25) is 0 Å². The van der Waals surface area contributed by atoms with E-state index in [1.54, 1.807) is 13.3 Å². The van der Waals surface area contributed by atoms with Crippen LogP contribution in [0.5, 0.6) is 5.75 Å². The third-order valence-electron chi connectivity index (χ3n) is 5.36. The average molecular weight is 431 g/mol. The summed E-state index contributed by atoms with van der Waals surface area (Å²) in [7, 11) is 1.66. The van der Waals surface area contributed by atoms with Gasteiger partial charge in [-0.1, -0.05) is 23.8 Å². The van der Waals surface area contributed by atoms with Gasteiger partial charge in [0, 0.05) is 17.6 Å². The molecule has 0 saturated heterocycles. The molecule has 5 nitrogen and oxygen atoms in total. The number of allylic oxidation sites excluding steroid dienone is 2. The fourth-order valence-corrected chi connectivity index (χ4v) is 4.07. The van der Waals surface area contributed by atoms with E-state index in [0.717, 1.165) is 54.3 Å². The van der Waals surface area contributed by atoms with Gasteiger partial charge < -0.3 is 14.8 Å². The monoisotopic (exact) mass is 430 g/mol. The SMILES string of the molecule is COc1ccc2ncc(Cl)c(C/C=C\[C@H]3CC[C@H](NC(=O)OC(C)(C)C)CC3)c2c1. The summed E-state index contributed by atoms with van der Waals surface area (Å²) in [6.07, 6.45) is 10.7. The third kappa shape index (κ3) is 6.11. The fourth-order valence-electron chi connectivity index (χ4n) is 3.85. The number of amides is 1. The second-order valence-corrected chi connectivity index (χ2v) is 9.27. The molecule has 0 unspecified atom stereocenters. The maximum absolute atomic E-state index is 11.9. The van der Waals surface area contributed by atoms with Crippen molar-refractivity contribution in [3.63, 3.8) is 0 Å². The first kappa shape index (κ1) is 22.4. The first-order valence-electron chi connectivity index (χ1n) is 10.5. The summed E-state index contributed by atoms with van der Waals surface area (Å²) >= 11 is 6.44. The summed E-state index contributed by atoms with van der Waals surface area (Å²) in [5.74, 6) is 1.32. The fraction of sp³-hybridized carbons (Fsp3) is 0.500. The van der Waals surface area contributed by atoms with Gasteiger partial charge in [-0.25, -0.2) is 4.79 Å². The lowest BCUT2D eigenvalue weighted by atomic mass is 9.85. The smallest absolute Gasteiger partial charge is 0.407 e. The molecule has 1 aliphatic rings. The predicted molar refractivity (Wildman–Crippen MR) is 121 cm³/mol. The number of hydrogen-bond acceptors (Lipinski definition) is 4. The Kier molecular flexibility index (Phi) is 7.24. The molecule has 1 aromatic carbocycles. The van der Waals surface area contributed by atoms with E-state index in [-0.39, 0.29) is 12.1 Å². The van der Waals surface area contributed by atoms with Gasteiger partial charge in [-0.15, -0.1) is 0 Å². The lowest BCUT2D eigenvalue weighted by Gasteiger charge is -2.28. The van der Waals surface area contributed by atoms with Gasteiger partial charge in [-0.05, 0) is 82.6 Å². The summed E-state index contributed by atoms with van der Waals surface area (Å²) < 4.78 is 10.7. The van der Waals surface area contributed by atoms with E-state index in [0.29, 0.717) is 10.9 Å². The zero-order chi connectivity index (χ0) is 21.7. The van der Waals surface area contributed by atoms with Gasteiger partial charge in [0.25, 0.3) is 0 Å². The van der Waals surface area contributed by atoms with E-state index in [4.69, 9.17) is 21.1 Å². The third-order valence-corrected chi connectivity index (χ3v) is 5.68. The average Bonchev–Trinajstić information content (AvgIpc) is 2.69. The molecule has 0 spiro atoms. The number of aromatic nitrogens is 1. The summed E-state index contributed by atoms with van der Waals surface area (Å²) in [6, 6.07) is 6.05. The maximum atomic E-state index is 11.9. The second-order valence-electron chi connectivity index (χ2n) is 8.86. The number of methoxy groups -OCH3 is 1. The van der Waals surface area contributed by atoms with E-state index in [1.165, 1.54) is 0 Å². The Balaban J connectivity index is 1.56. The van der Waals surface area contributed by atoms with Crippen LogP contribution < -0.4 is 10.1 Å². The molecule has 0 radical (unpaired) electrons. The molecule has 0 atom stereocenters. The standard InChI is InChI=1S/C24H31ClN2O3/c1-24(2,3)30-23(28)27-17-10-8-16(9-11-17)6-5-7-19-20-14-18(29-4)12-13-22(20)26-15-21(19)25/h5-6,12-17H,7-11H2,1-4H3,(H,27,28)/b6-5-/t16-,17-. The lowest BCUT2D eigenvalue weighted by Crippen LogP contribution is -2.40. The Morgan fingerprint density at radius 2 is 2.00 bits per heavy atom. The van der Waals surface area contributed by atoms with Gasteiger partial charge in [-0.3, -0.25) is 4.98 Å². The van der Waals surface area contributed by atoms with Crippen LogP contribution in [0.25, 0.3) is 10.9 Å². The number of carbonyl (C=O) groups is 1. The van der Waals surface area contributed by atoms with Crippen LogP contribution in [-0.4, -0.2) is 29.8 Å². The summed E-state index contributed by atoms with van der Waals surface area (Å²) in [5, 5.41) is 4.69. The number of carbonyl (C=O) groups excluding carboxylic acids is 1. The number of halogens is 1. The molecule has 0 aliphatic heterocycles. The van der Waals surface area contributed by atoms with Crippen molar-refractivity contribution < 1.29 is 14.3 Å². The number of nitrogens with zero attached hydrogens (tertiary/aromatic N) is 1. The molecule has 3 rings (SSSR count). The van der Waals surface area contributed by atoms with Crippen LogP contribution in [0.15, 0.2) is 36.5 Å². The quantitative estimate of drug-likeness (QED) is 0.584. The van der Waals surface area contributed by atoms with Gasteiger partial charge in [0.05, 0.1) is 17.6 Å². The van der Waals surface area contributed by atoms with E-state index in [2.05, 4.69) is 22.5 Å². The number of nitrogens with one attached hydrogen (secondary N) is 1. The first-order chi connectivity index (χ1) is 14.2. The number of fused-ring (bicyclic) bond motifs is 1. The molecule has 1 aliphatic carbocycles.